The normalized spacial score (nSPS) is 11.4. The van der Waals surface area contributed by atoms with Crippen LogP contribution in [0.2, 0.25) is 0 Å². The molecule has 1 heterocycles. The van der Waals surface area contributed by atoms with E-state index >= 15 is 0 Å². The van der Waals surface area contributed by atoms with Gasteiger partial charge < -0.3 is 9.84 Å². The first-order chi connectivity index (χ1) is 13.0. The highest BCUT2D eigenvalue weighted by molar-refractivity contribution is 6.08. The van der Waals surface area contributed by atoms with Crippen molar-refractivity contribution in [1.29, 1.82) is 0 Å². The van der Waals surface area contributed by atoms with E-state index in [0.29, 0.717) is 35.8 Å². The zero-order valence-electron chi connectivity index (χ0n) is 15.8. The van der Waals surface area contributed by atoms with Gasteiger partial charge in [0.1, 0.15) is 30.1 Å². The predicted molar refractivity (Wildman–Crippen MR) is 106 cm³/mol. The number of anilines is 1. The molecule has 0 aliphatic rings. The molecule has 0 saturated heterocycles. The molecule has 6 nitrogen and oxygen atoms in total. The third-order valence-electron chi connectivity index (χ3n) is 4.79. The van der Waals surface area contributed by atoms with Gasteiger partial charge in [-0.2, -0.15) is 4.65 Å². The SMILES string of the molecule is CC[N+](O)(CC)c1ccc(NC(=O)c2c(-c3ccccc3)noc2C)cc1. The summed E-state index contributed by atoms with van der Waals surface area (Å²) in [6, 6.07) is 16.7. The largest absolute Gasteiger partial charge is 0.360 e. The Balaban J connectivity index is 1.84. The Bertz CT molecular complexity index is 914. The van der Waals surface area contributed by atoms with Gasteiger partial charge in [0.05, 0.1) is 0 Å². The first kappa shape index (κ1) is 18.8. The number of hydrogen-bond donors (Lipinski definition) is 2. The van der Waals surface area contributed by atoms with Gasteiger partial charge in [0, 0.05) is 23.4 Å². The second-order valence-corrected chi connectivity index (χ2v) is 6.38. The molecule has 0 atom stereocenters. The molecule has 1 amide bonds. The summed E-state index contributed by atoms with van der Waals surface area (Å²) in [5.74, 6) is 0.182. The van der Waals surface area contributed by atoms with E-state index in [1.54, 1.807) is 19.1 Å². The lowest BCUT2D eigenvalue weighted by atomic mass is 10.1. The molecule has 6 heteroatoms. The molecule has 0 radical (unpaired) electrons. The number of rotatable bonds is 6. The number of nitrogens with zero attached hydrogens (tertiary/aromatic N) is 2. The van der Waals surface area contributed by atoms with Crippen molar-refractivity contribution in [2.24, 2.45) is 0 Å². The lowest BCUT2D eigenvalue weighted by Gasteiger charge is -2.26. The van der Waals surface area contributed by atoms with E-state index in [4.69, 9.17) is 4.52 Å². The molecule has 0 unspecified atom stereocenters. The average Bonchev–Trinajstić information content (AvgIpc) is 3.10. The fourth-order valence-electron chi connectivity index (χ4n) is 3.04. The Morgan fingerprint density at radius 2 is 1.70 bits per heavy atom. The van der Waals surface area contributed by atoms with Gasteiger partial charge in [0.25, 0.3) is 5.91 Å². The maximum atomic E-state index is 12.8. The van der Waals surface area contributed by atoms with E-state index < -0.39 is 0 Å². The van der Waals surface area contributed by atoms with E-state index in [-0.39, 0.29) is 10.6 Å². The molecular weight excluding hydrogens is 342 g/mol. The van der Waals surface area contributed by atoms with Gasteiger partial charge in [0.2, 0.25) is 0 Å². The molecule has 0 aliphatic heterocycles. The van der Waals surface area contributed by atoms with E-state index in [1.165, 1.54) is 0 Å². The van der Waals surface area contributed by atoms with Gasteiger partial charge in [-0.1, -0.05) is 35.5 Å². The monoisotopic (exact) mass is 366 g/mol. The molecule has 2 aromatic carbocycles. The van der Waals surface area contributed by atoms with Crippen LogP contribution in [0.4, 0.5) is 11.4 Å². The quantitative estimate of drug-likeness (QED) is 0.492. The van der Waals surface area contributed by atoms with Gasteiger partial charge in [-0.3, -0.25) is 4.79 Å². The summed E-state index contributed by atoms with van der Waals surface area (Å²) in [5, 5.41) is 17.5. The van der Waals surface area contributed by atoms with Crippen LogP contribution in [-0.2, 0) is 0 Å². The molecule has 0 spiro atoms. The minimum Gasteiger partial charge on any atom is -0.360 e. The molecule has 140 valence electrons. The van der Waals surface area contributed by atoms with Crippen LogP contribution in [0.3, 0.4) is 0 Å². The van der Waals surface area contributed by atoms with Crippen molar-refractivity contribution in [2.75, 3.05) is 18.4 Å². The first-order valence-electron chi connectivity index (χ1n) is 9.02. The molecule has 0 aliphatic carbocycles. The average molecular weight is 366 g/mol. The van der Waals surface area contributed by atoms with Crippen LogP contribution in [0.25, 0.3) is 11.3 Å². The first-order valence-corrected chi connectivity index (χ1v) is 9.02. The topological polar surface area (TPSA) is 75.4 Å². The number of aryl methyl sites for hydroxylation is 1. The maximum Gasteiger partial charge on any atom is 0.261 e. The predicted octanol–water partition coefficient (Wildman–Crippen LogP) is 4.64. The number of quaternary nitrogens is 1. The minimum absolute atomic E-state index is 0.142. The Morgan fingerprint density at radius 1 is 1.07 bits per heavy atom. The molecule has 27 heavy (non-hydrogen) atoms. The lowest BCUT2D eigenvalue weighted by Crippen LogP contribution is -2.45. The smallest absolute Gasteiger partial charge is 0.261 e. The van der Waals surface area contributed by atoms with Crippen LogP contribution in [0.1, 0.15) is 30.0 Å². The van der Waals surface area contributed by atoms with Gasteiger partial charge in [0.15, 0.2) is 5.69 Å². The van der Waals surface area contributed by atoms with Gasteiger partial charge >= 0.3 is 0 Å². The summed E-state index contributed by atoms with van der Waals surface area (Å²) in [6.07, 6.45) is 0. The number of nitrogens with one attached hydrogen (secondary N) is 1. The second kappa shape index (κ2) is 7.73. The lowest BCUT2D eigenvalue weighted by molar-refractivity contribution is -0.0709. The summed E-state index contributed by atoms with van der Waals surface area (Å²) < 4.78 is 5.11. The van der Waals surface area contributed by atoms with Crippen LogP contribution in [0, 0.1) is 6.92 Å². The van der Waals surface area contributed by atoms with Crippen LogP contribution in [0.5, 0.6) is 0 Å². The Labute approximate surface area is 158 Å². The molecular formula is C21H24N3O3+. The van der Waals surface area contributed by atoms with Gasteiger partial charge in [-0.15, -0.1) is 0 Å². The van der Waals surface area contributed by atoms with Crippen LogP contribution in [-0.4, -0.2) is 29.4 Å². The van der Waals surface area contributed by atoms with Crippen molar-refractivity contribution in [3.63, 3.8) is 0 Å². The Hall–Kier alpha value is -2.96. The van der Waals surface area contributed by atoms with Crippen LogP contribution in [0.15, 0.2) is 59.1 Å². The third kappa shape index (κ3) is 3.77. The fourth-order valence-corrected chi connectivity index (χ4v) is 3.04. The summed E-state index contributed by atoms with van der Waals surface area (Å²) in [5.41, 5.74) is 3.18. The van der Waals surface area contributed by atoms with Crippen LogP contribution < -0.4 is 9.96 Å². The van der Waals surface area contributed by atoms with Gasteiger partial charge in [-0.05, 0) is 32.9 Å². The summed E-state index contributed by atoms with van der Waals surface area (Å²) in [6.45, 7) is 6.72. The number of carbonyl (C=O) groups is 1. The number of hydroxylamine groups is 2. The number of carbonyl (C=O) groups excluding carboxylic acids is 1. The zero-order valence-corrected chi connectivity index (χ0v) is 15.8. The standard InChI is InChI=1S/C21H23N3O3/c1-4-24(26,5-2)18-13-11-17(12-14-18)22-21(25)19-15(3)27-23-20(19)16-9-7-6-8-10-16/h6-14,26H,4-5H2,1-3H3/p+1. The molecule has 3 aromatic rings. The molecule has 0 fully saturated rings. The molecule has 0 bridgehead atoms. The highest BCUT2D eigenvalue weighted by Crippen LogP contribution is 2.27. The van der Waals surface area contributed by atoms with E-state index in [1.807, 2.05) is 56.3 Å². The maximum absolute atomic E-state index is 12.8. The van der Waals surface area contributed by atoms with E-state index in [0.717, 1.165) is 11.3 Å². The van der Waals surface area contributed by atoms with Crippen molar-refractivity contribution >= 4 is 17.3 Å². The van der Waals surface area contributed by atoms with Gasteiger partial charge in [-0.25, -0.2) is 5.21 Å². The van der Waals surface area contributed by atoms with Crippen molar-refractivity contribution in [1.82, 2.24) is 9.80 Å². The number of aromatic nitrogens is 1. The van der Waals surface area contributed by atoms with E-state index in [9.17, 15) is 10.0 Å². The Kier molecular flexibility index (Phi) is 5.39. The third-order valence-corrected chi connectivity index (χ3v) is 4.79. The van der Waals surface area contributed by atoms with Crippen molar-refractivity contribution in [2.45, 2.75) is 20.8 Å². The highest BCUT2D eigenvalue weighted by atomic mass is 16.5. The molecule has 0 saturated carbocycles. The summed E-state index contributed by atoms with van der Waals surface area (Å²) in [7, 11) is 0. The van der Waals surface area contributed by atoms with E-state index in [2.05, 4.69) is 10.5 Å². The molecule has 1 aromatic heterocycles. The number of amides is 1. The number of benzene rings is 2. The van der Waals surface area contributed by atoms with Crippen molar-refractivity contribution in [3.8, 4) is 11.3 Å². The van der Waals surface area contributed by atoms with Crippen molar-refractivity contribution in [3.05, 3.63) is 65.9 Å². The zero-order chi connectivity index (χ0) is 19.4. The summed E-state index contributed by atoms with van der Waals surface area (Å²) in [4.78, 5) is 12.8. The van der Waals surface area contributed by atoms with Crippen LogP contribution >= 0.6 is 0 Å². The number of hydrogen-bond acceptors (Lipinski definition) is 4. The highest BCUT2D eigenvalue weighted by Gasteiger charge is 2.25. The fraction of sp³-hybridized carbons (Fsp3) is 0.238. The Morgan fingerprint density at radius 3 is 2.30 bits per heavy atom. The second-order valence-electron chi connectivity index (χ2n) is 6.38. The molecule has 3 rings (SSSR count). The minimum atomic E-state index is -0.281. The van der Waals surface area contributed by atoms with Crippen molar-refractivity contribution < 1.29 is 14.5 Å². The molecule has 2 N–H and O–H groups in total. The summed E-state index contributed by atoms with van der Waals surface area (Å²) >= 11 is 0.